The van der Waals surface area contributed by atoms with E-state index < -0.39 is 27.6 Å². The summed E-state index contributed by atoms with van der Waals surface area (Å²) in [5.41, 5.74) is -0.437. The van der Waals surface area contributed by atoms with Crippen LogP contribution < -0.4 is 5.32 Å². The van der Waals surface area contributed by atoms with Gasteiger partial charge in [0.25, 0.3) is 5.91 Å². The Labute approximate surface area is 150 Å². The predicted octanol–water partition coefficient (Wildman–Crippen LogP) is 3.39. The molecule has 1 aliphatic rings. The molecule has 0 aromatic heterocycles. The van der Waals surface area contributed by atoms with Gasteiger partial charge in [0.15, 0.2) is 0 Å². The van der Waals surface area contributed by atoms with Crippen LogP contribution in [-0.2, 0) is 10.0 Å². The van der Waals surface area contributed by atoms with Gasteiger partial charge in [-0.15, -0.1) is 0 Å². The highest BCUT2D eigenvalue weighted by Gasteiger charge is 2.27. The Kier molecular flexibility index (Phi) is 5.33. The van der Waals surface area contributed by atoms with Gasteiger partial charge in [-0.25, -0.2) is 17.2 Å². The average molecular weight is 380 g/mol. The molecule has 0 saturated carbocycles. The molecule has 0 bridgehead atoms. The van der Waals surface area contributed by atoms with Gasteiger partial charge in [-0.05, 0) is 43.2 Å². The Morgan fingerprint density at radius 3 is 2.31 bits per heavy atom. The van der Waals surface area contributed by atoms with E-state index in [0.29, 0.717) is 13.1 Å². The molecule has 1 saturated heterocycles. The van der Waals surface area contributed by atoms with Crippen LogP contribution in [0.1, 0.15) is 29.6 Å². The molecule has 0 aliphatic carbocycles. The topological polar surface area (TPSA) is 66.5 Å². The van der Waals surface area contributed by atoms with E-state index in [-0.39, 0.29) is 16.1 Å². The minimum Gasteiger partial charge on any atom is -0.319 e. The van der Waals surface area contributed by atoms with Crippen molar-refractivity contribution in [3.8, 4) is 0 Å². The van der Waals surface area contributed by atoms with E-state index in [1.807, 2.05) is 0 Å². The highest BCUT2D eigenvalue weighted by atomic mass is 32.2. The number of amides is 1. The number of hydrogen-bond donors (Lipinski definition) is 1. The maximum atomic E-state index is 14.3. The third kappa shape index (κ3) is 3.76. The number of carbonyl (C=O) groups excluding carboxylic acids is 1. The first kappa shape index (κ1) is 18.5. The lowest BCUT2D eigenvalue weighted by Crippen LogP contribution is -2.35. The number of anilines is 1. The maximum absolute atomic E-state index is 14.3. The molecule has 1 fully saturated rings. The second-order valence-corrected chi connectivity index (χ2v) is 7.98. The fraction of sp³-hybridized carbons (Fsp3) is 0.278. The molecule has 0 unspecified atom stereocenters. The second kappa shape index (κ2) is 7.51. The van der Waals surface area contributed by atoms with E-state index >= 15 is 0 Å². The Bertz CT molecular complexity index is 926. The summed E-state index contributed by atoms with van der Waals surface area (Å²) in [5.74, 6) is -2.43. The SMILES string of the molecule is O=C(Nc1ccc(S(=O)(=O)N2CCCCC2)cc1F)c1ccccc1F. The normalized spacial score (nSPS) is 15.6. The zero-order valence-electron chi connectivity index (χ0n) is 13.9. The summed E-state index contributed by atoms with van der Waals surface area (Å²) in [6.45, 7) is 0.825. The van der Waals surface area contributed by atoms with Crippen molar-refractivity contribution >= 4 is 21.6 Å². The quantitative estimate of drug-likeness (QED) is 0.884. The smallest absolute Gasteiger partial charge is 0.258 e. The molecule has 3 rings (SSSR count). The fourth-order valence-electron chi connectivity index (χ4n) is 2.85. The molecule has 1 heterocycles. The van der Waals surface area contributed by atoms with Gasteiger partial charge in [-0.1, -0.05) is 18.6 Å². The number of halogens is 2. The number of piperidine rings is 1. The van der Waals surface area contributed by atoms with Gasteiger partial charge in [-0.2, -0.15) is 4.31 Å². The molecule has 0 spiro atoms. The van der Waals surface area contributed by atoms with Gasteiger partial charge in [0, 0.05) is 13.1 Å². The Hall–Kier alpha value is -2.32. The van der Waals surface area contributed by atoms with Gasteiger partial charge < -0.3 is 5.32 Å². The molecule has 0 radical (unpaired) electrons. The van der Waals surface area contributed by atoms with Crippen LogP contribution in [0.3, 0.4) is 0 Å². The number of sulfonamides is 1. The van der Waals surface area contributed by atoms with Crippen LogP contribution in [0.4, 0.5) is 14.5 Å². The summed E-state index contributed by atoms with van der Waals surface area (Å²) in [7, 11) is -3.77. The van der Waals surface area contributed by atoms with Crippen molar-refractivity contribution in [3.63, 3.8) is 0 Å². The third-order valence-corrected chi connectivity index (χ3v) is 6.15. The highest BCUT2D eigenvalue weighted by Crippen LogP contribution is 2.24. The molecule has 1 amide bonds. The summed E-state index contributed by atoms with van der Waals surface area (Å²) < 4.78 is 54.4. The van der Waals surface area contributed by atoms with Crippen LogP contribution in [0, 0.1) is 11.6 Å². The number of hydrogen-bond acceptors (Lipinski definition) is 3. The van der Waals surface area contributed by atoms with Crippen molar-refractivity contribution in [3.05, 3.63) is 59.7 Å². The summed E-state index contributed by atoms with van der Waals surface area (Å²) in [4.78, 5) is 11.9. The molecule has 26 heavy (non-hydrogen) atoms. The molecule has 138 valence electrons. The fourth-order valence-corrected chi connectivity index (χ4v) is 4.38. The molecular formula is C18H18F2N2O3S. The van der Waals surface area contributed by atoms with Gasteiger partial charge in [0.05, 0.1) is 16.1 Å². The Balaban J connectivity index is 1.81. The Morgan fingerprint density at radius 1 is 0.962 bits per heavy atom. The summed E-state index contributed by atoms with van der Waals surface area (Å²) in [6, 6.07) is 8.61. The van der Waals surface area contributed by atoms with Gasteiger partial charge in [-0.3, -0.25) is 4.79 Å². The molecule has 5 nitrogen and oxygen atoms in total. The van der Waals surface area contributed by atoms with Crippen molar-refractivity contribution < 1.29 is 22.0 Å². The van der Waals surface area contributed by atoms with E-state index in [9.17, 15) is 22.0 Å². The van der Waals surface area contributed by atoms with Crippen LogP contribution in [0.2, 0.25) is 0 Å². The number of nitrogens with one attached hydrogen (secondary N) is 1. The van der Waals surface area contributed by atoms with Crippen LogP contribution in [-0.4, -0.2) is 31.7 Å². The molecule has 2 aromatic rings. The average Bonchev–Trinajstić information content (AvgIpc) is 2.64. The molecule has 2 aromatic carbocycles. The van der Waals surface area contributed by atoms with E-state index in [0.717, 1.165) is 31.4 Å². The number of rotatable bonds is 4. The second-order valence-electron chi connectivity index (χ2n) is 6.04. The van der Waals surface area contributed by atoms with Crippen LogP contribution in [0.25, 0.3) is 0 Å². The summed E-state index contributed by atoms with van der Waals surface area (Å²) >= 11 is 0. The van der Waals surface area contributed by atoms with Gasteiger partial charge >= 0.3 is 0 Å². The first-order valence-electron chi connectivity index (χ1n) is 8.25. The minimum absolute atomic E-state index is 0.166. The molecule has 8 heteroatoms. The van der Waals surface area contributed by atoms with Crippen LogP contribution in [0.15, 0.2) is 47.4 Å². The minimum atomic E-state index is -3.77. The van der Waals surface area contributed by atoms with Crippen molar-refractivity contribution in [2.45, 2.75) is 24.2 Å². The van der Waals surface area contributed by atoms with Crippen LogP contribution in [0.5, 0.6) is 0 Å². The zero-order chi connectivity index (χ0) is 18.7. The van der Waals surface area contributed by atoms with Crippen molar-refractivity contribution in [1.29, 1.82) is 0 Å². The summed E-state index contributed by atoms with van der Waals surface area (Å²) in [6.07, 6.45) is 2.53. The molecular weight excluding hydrogens is 362 g/mol. The van der Waals surface area contributed by atoms with E-state index in [1.54, 1.807) is 0 Å². The molecule has 0 atom stereocenters. The first-order valence-corrected chi connectivity index (χ1v) is 9.69. The lowest BCUT2D eigenvalue weighted by Gasteiger charge is -2.26. The lowest BCUT2D eigenvalue weighted by atomic mass is 10.2. The van der Waals surface area contributed by atoms with E-state index in [2.05, 4.69) is 5.32 Å². The first-order chi connectivity index (χ1) is 12.4. The zero-order valence-corrected chi connectivity index (χ0v) is 14.7. The number of nitrogens with zero attached hydrogens (tertiary/aromatic N) is 1. The Morgan fingerprint density at radius 2 is 1.65 bits per heavy atom. The highest BCUT2D eigenvalue weighted by molar-refractivity contribution is 7.89. The standard InChI is InChI=1S/C18H18F2N2O3S/c19-15-7-3-2-6-14(15)18(23)21-17-9-8-13(12-16(17)20)26(24,25)22-10-4-1-5-11-22/h2-3,6-9,12H,1,4-5,10-11H2,(H,21,23). The van der Waals surface area contributed by atoms with E-state index in [4.69, 9.17) is 0 Å². The van der Waals surface area contributed by atoms with Crippen molar-refractivity contribution in [1.82, 2.24) is 4.31 Å². The largest absolute Gasteiger partial charge is 0.319 e. The van der Waals surface area contributed by atoms with Crippen molar-refractivity contribution in [2.24, 2.45) is 0 Å². The van der Waals surface area contributed by atoms with E-state index in [1.165, 1.54) is 34.6 Å². The predicted molar refractivity (Wildman–Crippen MR) is 93.4 cm³/mol. The van der Waals surface area contributed by atoms with Gasteiger partial charge in [0.1, 0.15) is 11.6 Å². The lowest BCUT2D eigenvalue weighted by molar-refractivity contribution is 0.102. The van der Waals surface area contributed by atoms with Crippen LogP contribution >= 0.6 is 0 Å². The van der Waals surface area contributed by atoms with Gasteiger partial charge in [0.2, 0.25) is 10.0 Å². The molecule has 1 N–H and O–H groups in total. The number of benzene rings is 2. The third-order valence-electron chi connectivity index (χ3n) is 4.26. The summed E-state index contributed by atoms with van der Waals surface area (Å²) in [5, 5.41) is 2.26. The number of carbonyl (C=O) groups is 1. The molecule has 1 aliphatic heterocycles. The monoisotopic (exact) mass is 380 g/mol. The van der Waals surface area contributed by atoms with Crippen molar-refractivity contribution in [2.75, 3.05) is 18.4 Å². The maximum Gasteiger partial charge on any atom is 0.258 e.